The number of amides is 1. The fraction of sp³-hybridized carbons (Fsp3) is 0.292. The summed E-state index contributed by atoms with van der Waals surface area (Å²) in [4.78, 5) is 21.2. The van der Waals surface area contributed by atoms with Crippen molar-refractivity contribution in [2.75, 3.05) is 17.2 Å². The molecule has 0 aliphatic carbocycles. The number of hydrogen-bond acceptors (Lipinski definition) is 4. The summed E-state index contributed by atoms with van der Waals surface area (Å²) in [6, 6.07) is 18.2. The van der Waals surface area contributed by atoms with Crippen LogP contribution in [0.4, 0.5) is 11.5 Å². The number of hydrogen-bond donors (Lipinski definition) is 2. The Morgan fingerprint density at radius 2 is 1.66 bits per heavy atom. The third-order valence-corrected chi connectivity index (χ3v) is 4.66. The smallest absolute Gasteiger partial charge is 0.275 e. The molecule has 150 valence electrons. The van der Waals surface area contributed by atoms with E-state index in [1.54, 1.807) is 6.20 Å². The molecule has 0 radical (unpaired) electrons. The van der Waals surface area contributed by atoms with Crippen molar-refractivity contribution in [2.45, 2.75) is 39.0 Å². The van der Waals surface area contributed by atoms with E-state index in [1.165, 1.54) is 11.8 Å². The Bertz CT molecular complexity index is 931. The number of carbonyl (C=O) groups excluding carboxylic acids is 1. The van der Waals surface area contributed by atoms with Crippen LogP contribution in [0, 0.1) is 0 Å². The van der Waals surface area contributed by atoms with E-state index in [2.05, 4.69) is 65.6 Å². The molecule has 5 heteroatoms. The fourth-order valence-electron chi connectivity index (χ4n) is 3.12. The number of benzene rings is 2. The molecule has 0 spiro atoms. The molecule has 0 unspecified atom stereocenters. The molecule has 5 nitrogen and oxygen atoms in total. The van der Waals surface area contributed by atoms with Gasteiger partial charge in [-0.2, -0.15) is 0 Å². The van der Waals surface area contributed by atoms with Gasteiger partial charge in [-0.05, 0) is 35.4 Å². The minimum Gasteiger partial charge on any atom is -0.369 e. The van der Waals surface area contributed by atoms with E-state index in [-0.39, 0.29) is 11.3 Å². The molecule has 0 saturated heterocycles. The largest absolute Gasteiger partial charge is 0.369 e. The summed E-state index contributed by atoms with van der Waals surface area (Å²) in [7, 11) is 0. The molecular weight excluding hydrogens is 360 g/mol. The van der Waals surface area contributed by atoms with E-state index >= 15 is 0 Å². The van der Waals surface area contributed by atoms with Crippen molar-refractivity contribution in [3.63, 3.8) is 0 Å². The molecule has 0 fully saturated rings. The van der Waals surface area contributed by atoms with E-state index in [0.29, 0.717) is 11.5 Å². The number of aryl methyl sites for hydroxylation is 1. The molecule has 1 aromatic heterocycles. The SMILES string of the molecule is CC(C)(C)c1ccccc1NC(=O)c1cnc(NCCCc2ccccc2)cn1. The number of carbonyl (C=O) groups is 1. The van der Waals surface area contributed by atoms with Crippen LogP contribution in [0.15, 0.2) is 67.0 Å². The average molecular weight is 389 g/mol. The summed E-state index contributed by atoms with van der Waals surface area (Å²) in [6.45, 7) is 7.16. The highest BCUT2D eigenvalue weighted by Crippen LogP contribution is 2.29. The lowest BCUT2D eigenvalue weighted by molar-refractivity contribution is 0.102. The van der Waals surface area contributed by atoms with Gasteiger partial charge in [0.15, 0.2) is 0 Å². The number of nitrogens with one attached hydrogen (secondary N) is 2. The van der Waals surface area contributed by atoms with Gasteiger partial charge in [0, 0.05) is 12.2 Å². The second-order valence-electron chi connectivity index (χ2n) is 8.05. The summed E-state index contributed by atoms with van der Waals surface area (Å²) in [6.07, 6.45) is 5.12. The molecule has 3 aromatic rings. The molecule has 0 aliphatic heterocycles. The van der Waals surface area contributed by atoms with Gasteiger partial charge < -0.3 is 10.6 Å². The Kier molecular flexibility index (Phi) is 6.60. The van der Waals surface area contributed by atoms with Crippen LogP contribution < -0.4 is 10.6 Å². The van der Waals surface area contributed by atoms with Crippen molar-refractivity contribution in [1.82, 2.24) is 9.97 Å². The van der Waals surface area contributed by atoms with Crippen molar-refractivity contribution >= 4 is 17.4 Å². The summed E-state index contributed by atoms with van der Waals surface area (Å²) in [5.74, 6) is 0.412. The highest BCUT2D eigenvalue weighted by atomic mass is 16.1. The molecule has 0 bridgehead atoms. The molecule has 1 amide bonds. The van der Waals surface area contributed by atoms with Crippen LogP contribution in [0.5, 0.6) is 0 Å². The van der Waals surface area contributed by atoms with Gasteiger partial charge in [-0.1, -0.05) is 69.3 Å². The topological polar surface area (TPSA) is 66.9 Å². The summed E-state index contributed by atoms with van der Waals surface area (Å²) >= 11 is 0. The maximum Gasteiger partial charge on any atom is 0.275 e. The van der Waals surface area contributed by atoms with Crippen LogP contribution in [-0.2, 0) is 11.8 Å². The molecule has 29 heavy (non-hydrogen) atoms. The molecule has 2 N–H and O–H groups in total. The summed E-state index contributed by atoms with van der Waals surface area (Å²) < 4.78 is 0. The first kappa shape index (κ1) is 20.5. The molecule has 0 atom stereocenters. The van der Waals surface area contributed by atoms with Crippen LogP contribution >= 0.6 is 0 Å². The number of nitrogens with zero attached hydrogens (tertiary/aromatic N) is 2. The lowest BCUT2D eigenvalue weighted by atomic mass is 9.86. The first-order valence-corrected chi connectivity index (χ1v) is 9.94. The quantitative estimate of drug-likeness (QED) is 0.555. The first-order valence-electron chi connectivity index (χ1n) is 9.94. The molecule has 3 rings (SSSR count). The van der Waals surface area contributed by atoms with Crippen molar-refractivity contribution in [3.05, 3.63) is 83.8 Å². The average Bonchev–Trinajstić information content (AvgIpc) is 2.72. The van der Waals surface area contributed by atoms with E-state index in [0.717, 1.165) is 30.6 Å². The second-order valence-corrected chi connectivity index (χ2v) is 8.05. The number of rotatable bonds is 7. The number of anilines is 2. The van der Waals surface area contributed by atoms with Crippen LogP contribution in [0.3, 0.4) is 0 Å². The molecule has 2 aromatic carbocycles. The molecule has 1 heterocycles. The van der Waals surface area contributed by atoms with Crippen LogP contribution in [0.25, 0.3) is 0 Å². The van der Waals surface area contributed by atoms with Gasteiger partial charge in [-0.25, -0.2) is 9.97 Å². The van der Waals surface area contributed by atoms with Gasteiger partial charge in [-0.15, -0.1) is 0 Å². The maximum absolute atomic E-state index is 12.6. The van der Waals surface area contributed by atoms with Crippen LogP contribution in [0.2, 0.25) is 0 Å². The van der Waals surface area contributed by atoms with E-state index in [9.17, 15) is 4.79 Å². The number of para-hydroxylation sites is 1. The van der Waals surface area contributed by atoms with Crippen LogP contribution in [0.1, 0.15) is 48.8 Å². The van der Waals surface area contributed by atoms with E-state index < -0.39 is 0 Å². The predicted molar refractivity (Wildman–Crippen MR) is 118 cm³/mol. The predicted octanol–water partition coefficient (Wildman–Crippen LogP) is 5.07. The summed E-state index contributed by atoms with van der Waals surface area (Å²) in [5.41, 5.74) is 3.43. The fourth-order valence-corrected chi connectivity index (χ4v) is 3.12. The zero-order valence-electron chi connectivity index (χ0n) is 17.3. The standard InChI is InChI=1S/C24H28N4O/c1-24(2,3)19-13-7-8-14-20(19)28-23(29)21-16-27-22(17-26-21)25-15-9-12-18-10-5-4-6-11-18/h4-8,10-11,13-14,16-17H,9,12,15H2,1-3H3,(H,25,27)(H,28,29). The van der Waals surface area contributed by atoms with Crippen molar-refractivity contribution in [3.8, 4) is 0 Å². The monoisotopic (exact) mass is 388 g/mol. The van der Waals surface area contributed by atoms with Crippen molar-refractivity contribution in [1.29, 1.82) is 0 Å². The van der Waals surface area contributed by atoms with Crippen molar-refractivity contribution < 1.29 is 4.79 Å². The maximum atomic E-state index is 12.6. The highest BCUT2D eigenvalue weighted by molar-refractivity contribution is 6.03. The van der Waals surface area contributed by atoms with E-state index in [4.69, 9.17) is 0 Å². The summed E-state index contributed by atoms with van der Waals surface area (Å²) in [5, 5.41) is 6.22. The minimum atomic E-state index is -0.259. The highest BCUT2D eigenvalue weighted by Gasteiger charge is 2.19. The first-order chi connectivity index (χ1) is 13.9. The molecule has 0 aliphatic rings. The minimum absolute atomic E-state index is 0.0664. The Morgan fingerprint density at radius 3 is 2.34 bits per heavy atom. The lowest BCUT2D eigenvalue weighted by Crippen LogP contribution is -2.19. The van der Waals surface area contributed by atoms with Crippen LogP contribution in [-0.4, -0.2) is 22.4 Å². The van der Waals surface area contributed by atoms with Gasteiger partial charge in [0.2, 0.25) is 0 Å². The second kappa shape index (κ2) is 9.32. The Balaban J connectivity index is 1.54. The third kappa shape index (κ3) is 5.88. The zero-order chi connectivity index (χ0) is 20.7. The van der Waals surface area contributed by atoms with Gasteiger partial charge >= 0.3 is 0 Å². The van der Waals surface area contributed by atoms with Gasteiger partial charge in [0.1, 0.15) is 11.5 Å². The zero-order valence-corrected chi connectivity index (χ0v) is 17.3. The normalized spacial score (nSPS) is 11.1. The van der Waals surface area contributed by atoms with Crippen molar-refractivity contribution in [2.24, 2.45) is 0 Å². The van der Waals surface area contributed by atoms with Gasteiger partial charge in [-0.3, -0.25) is 4.79 Å². The van der Waals surface area contributed by atoms with Gasteiger partial charge in [0.05, 0.1) is 12.4 Å². The Labute approximate surface area is 172 Å². The van der Waals surface area contributed by atoms with E-state index in [1.807, 2.05) is 30.3 Å². The molecular formula is C24H28N4O. The number of aromatic nitrogens is 2. The lowest BCUT2D eigenvalue weighted by Gasteiger charge is -2.22. The Morgan fingerprint density at radius 1 is 0.931 bits per heavy atom. The Hall–Kier alpha value is -3.21. The van der Waals surface area contributed by atoms with Gasteiger partial charge in [0.25, 0.3) is 5.91 Å². The molecule has 0 saturated carbocycles. The third-order valence-electron chi connectivity index (χ3n) is 4.66.